The van der Waals surface area contributed by atoms with E-state index in [0.717, 1.165) is 28.6 Å². The van der Waals surface area contributed by atoms with E-state index in [9.17, 15) is 4.79 Å². The molecule has 6 heteroatoms. The van der Waals surface area contributed by atoms with Gasteiger partial charge in [-0.05, 0) is 37.0 Å². The highest BCUT2D eigenvalue weighted by atomic mass is 79.9. The number of amides is 1. The summed E-state index contributed by atoms with van der Waals surface area (Å²) >= 11 is 3.50. The van der Waals surface area contributed by atoms with Crippen molar-refractivity contribution in [3.63, 3.8) is 0 Å². The molecule has 0 aromatic heterocycles. The second kappa shape index (κ2) is 5.76. The van der Waals surface area contributed by atoms with Crippen LogP contribution in [-0.2, 0) is 10.3 Å². The zero-order valence-corrected chi connectivity index (χ0v) is 15.4. The summed E-state index contributed by atoms with van der Waals surface area (Å²) in [5.41, 5.74) is 5.88. The van der Waals surface area contributed by atoms with Crippen molar-refractivity contribution in [2.24, 2.45) is 16.6 Å². The highest BCUT2D eigenvalue weighted by molar-refractivity contribution is 9.10. The Morgan fingerprint density at radius 2 is 2.08 bits per heavy atom. The number of nitrogens with two attached hydrogens (primary N) is 1. The highest BCUT2D eigenvalue weighted by Crippen LogP contribution is 2.49. The highest BCUT2D eigenvalue weighted by Gasteiger charge is 2.54. The molecule has 5 nitrogen and oxygen atoms in total. The van der Waals surface area contributed by atoms with Crippen LogP contribution in [0.1, 0.15) is 44.1 Å². The zero-order valence-electron chi connectivity index (χ0n) is 13.8. The van der Waals surface area contributed by atoms with Gasteiger partial charge in [-0.3, -0.25) is 9.69 Å². The molecule has 24 heavy (non-hydrogen) atoms. The largest absolute Gasteiger partial charge is 0.490 e. The van der Waals surface area contributed by atoms with Gasteiger partial charge in [-0.25, -0.2) is 4.99 Å². The van der Waals surface area contributed by atoms with Crippen molar-refractivity contribution in [1.29, 1.82) is 0 Å². The first-order valence-electron chi connectivity index (χ1n) is 8.61. The third kappa shape index (κ3) is 2.34. The predicted molar refractivity (Wildman–Crippen MR) is 95.8 cm³/mol. The van der Waals surface area contributed by atoms with Crippen LogP contribution in [0.4, 0.5) is 0 Å². The molecule has 1 fully saturated rings. The third-order valence-corrected chi connectivity index (χ3v) is 6.14. The maximum Gasteiger partial charge on any atom is 0.261 e. The van der Waals surface area contributed by atoms with E-state index in [1.54, 1.807) is 7.05 Å². The maximum absolute atomic E-state index is 13.1. The molecule has 0 saturated heterocycles. The van der Waals surface area contributed by atoms with E-state index in [0.29, 0.717) is 12.3 Å². The van der Waals surface area contributed by atoms with Crippen molar-refractivity contribution in [2.75, 3.05) is 7.05 Å². The van der Waals surface area contributed by atoms with E-state index in [2.05, 4.69) is 20.9 Å². The number of likely N-dealkylation sites (N-methyl/N-ethyl adjacent to an activating group) is 1. The van der Waals surface area contributed by atoms with Gasteiger partial charge in [-0.15, -0.1) is 0 Å². The number of guanidine groups is 1. The van der Waals surface area contributed by atoms with Gasteiger partial charge in [0.25, 0.3) is 5.91 Å². The predicted octanol–water partition coefficient (Wildman–Crippen LogP) is 3.16. The number of hydrogen-bond acceptors (Lipinski definition) is 4. The number of ether oxygens (including phenoxy) is 1. The minimum atomic E-state index is -0.932. The lowest BCUT2D eigenvalue weighted by Crippen LogP contribution is -2.47. The summed E-state index contributed by atoms with van der Waals surface area (Å²) in [7, 11) is 1.69. The Morgan fingerprint density at radius 1 is 1.33 bits per heavy atom. The monoisotopic (exact) mass is 391 g/mol. The van der Waals surface area contributed by atoms with Crippen LogP contribution in [0.25, 0.3) is 0 Å². The molecule has 128 valence electrons. The lowest BCUT2D eigenvalue weighted by atomic mass is 9.75. The topological polar surface area (TPSA) is 67.9 Å². The maximum atomic E-state index is 13.1. The average Bonchev–Trinajstić information content (AvgIpc) is 2.81. The van der Waals surface area contributed by atoms with Crippen molar-refractivity contribution in [3.8, 4) is 5.75 Å². The van der Waals surface area contributed by atoms with E-state index in [4.69, 9.17) is 10.5 Å². The second-order valence-electron chi connectivity index (χ2n) is 7.09. The summed E-state index contributed by atoms with van der Waals surface area (Å²) in [5.74, 6) is 1.49. The van der Waals surface area contributed by atoms with Gasteiger partial charge >= 0.3 is 0 Å². The molecule has 2 aliphatic heterocycles. The summed E-state index contributed by atoms with van der Waals surface area (Å²) in [6.45, 7) is 0. The summed E-state index contributed by atoms with van der Waals surface area (Å²) in [6.07, 6.45) is 6.70. The third-order valence-electron chi connectivity index (χ3n) is 5.65. The van der Waals surface area contributed by atoms with Crippen LogP contribution in [0.2, 0.25) is 0 Å². The molecule has 1 aromatic rings. The van der Waals surface area contributed by atoms with Gasteiger partial charge in [0.2, 0.25) is 0 Å². The summed E-state index contributed by atoms with van der Waals surface area (Å²) in [4.78, 5) is 19.2. The van der Waals surface area contributed by atoms with Gasteiger partial charge in [-0.2, -0.15) is 0 Å². The summed E-state index contributed by atoms with van der Waals surface area (Å²) in [6, 6.07) is 5.83. The fourth-order valence-electron chi connectivity index (χ4n) is 4.31. The minimum Gasteiger partial charge on any atom is -0.490 e. The molecule has 1 aliphatic carbocycles. The molecular formula is C18H22BrN3O2. The minimum absolute atomic E-state index is 0.0194. The van der Waals surface area contributed by atoms with Gasteiger partial charge < -0.3 is 10.5 Å². The number of rotatable bonds is 1. The first kappa shape index (κ1) is 15.9. The molecule has 0 radical (unpaired) electrons. The summed E-state index contributed by atoms with van der Waals surface area (Å²) < 4.78 is 7.24. The average molecular weight is 392 g/mol. The van der Waals surface area contributed by atoms with Gasteiger partial charge in [0, 0.05) is 23.5 Å². The lowest BCUT2D eigenvalue weighted by Gasteiger charge is -2.40. The number of halogens is 1. The van der Waals surface area contributed by atoms with Crippen LogP contribution in [0, 0.1) is 5.92 Å². The fraction of sp³-hybridized carbons (Fsp3) is 0.556. The van der Waals surface area contributed by atoms with E-state index >= 15 is 0 Å². The van der Waals surface area contributed by atoms with Crippen molar-refractivity contribution < 1.29 is 9.53 Å². The van der Waals surface area contributed by atoms with Gasteiger partial charge in [0.15, 0.2) is 11.5 Å². The zero-order chi connectivity index (χ0) is 16.9. The molecule has 1 amide bonds. The van der Waals surface area contributed by atoms with Crippen LogP contribution < -0.4 is 10.5 Å². The molecular weight excluding hydrogens is 370 g/mol. The SMILES string of the molecule is CN1C(=O)C2(CC(C3CCCCC3)Oc3ccc(Br)cc32)N=C1N. The summed E-state index contributed by atoms with van der Waals surface area (Å²) in [5, 5.41) is 0. The standard InChI is InChI=1S/C18H22BrN3O2/c1-22-16(23)18(21-17(22)20)10-15(11-5-3-2-4-6-11)24-14-8-7-12(19)9-13(14)18/h7-9,11,15H,2-6,10H2,1H3,(H2,20,21). The Labute approximate surface area is 150 Å². The Balaban J connectivity index is 1.80. The van der Waals surface area contributed by atoms with E-state index in [-0.39, 0.29) is 18.0 Å². The molecule has 2 atom stereocenters. The van der Waals surface area contributed by atoms with E-state index in [1.807, 2.05) is 18.2 Å². The first-order valence-corrected chi connectivity index (χ1v) is 9.41. The van der Waals surface area contributed by atoms with Crippen molar-refractivity contribution >= 4 is 27.8 Å². The van der Waals surface area contributed by atoms with Crippen molar-refractivity contribution in [3.05, 3.63) is 28.2 Å². The molecule has 0 bridgehead atoms. The number of fused-ring (bicyclic) bond motifs is 2. The van der Waals surface area contributed by atoms with E-state index in [1.165, 1.54) is 24.2 Å². The van der Waals surface area contributed by atoms with E-state index < -0.39 is 5.54 Å². The first-order chi connectivity index (χ1) is 11.5. The molecule has 3 aliphatic rings. The van der Waals surface area contributed by atoms with Crippen LogP contribution in [0.3, 0.4) is 0 Å². The number of carbonyl (C=O) groups is 1. The van der Waals surface area contributed by atoms with Crippen LogP contribution >= 0.6 is 15.9 Å². The Hall–Kier alpha value is -1.56. The number of nitrogens with zero attached hydrogens (tertiary/aromatic N) is 2. The van der Waals surface area contributed by atoms with Gasteiger partial charge in [0.1, 0.15) is 11.9 Å². The van der Waals surface area contributed by atoms with Gasteiger partial charge in [-0.1, -0.05) is 35.2 Å². The molecule has 4 rings (SSSR count). The second-order valence-corrected chi connectivity index (χ2v) is 8.01. The number of benzene rings is 1. The quantitative estimate of drug-likeness (QED) is 0.799. The molecule has 2 unspecified atom stereocenters. The van der Waals surface area contributed by atoms with Crippen LogP contribution in [0.15, 0.2) is 27.7 Å². The van der Waals surface area contributed by atoms with Crippen LogP contribution in [0.5, 0.6) is 5.75 Å². The lowest BCUT2D eigenvalue weighted by molar-refractivity contribution is -0.132. The Bertz CT molecular complexity index is 714. The Kier molecular flexibility index (Phi) is 3.82. The normalized spacial score (nSPS) is 30.2. The number of hydrogen-bond donors (Lipinski definition) is 1. The smallest absolute Gasteiger partial charge is 0.261 e. The molecule has 2 heterocycles. The molecule has 1 saturated carbocycles. The van der Waals surface area contributed by atoms with Crippen LogP contribution in [-0.4, -0.2) is 29.9 Å². The molecule has 1 spiro atoms. The van der Waals surface area contributed by atoms with Crippen molar-refractivity contribution in [1.82, 2.24) is 4.90 Å². The van der Waals surface area contributed by atoms with Crippen molar-refractivity contribution in [2.45, 2.75) is 50.2 Å². The molecule has 2 N–H and O–H groups in total. The van der Waals surface area contributed by atoms with Gasteiger partial charge in [0.05, 0.1) is 0 Å². The molecule has 1 aromatic carbocycles. The Morgan fingerprint density at radius 3 is 2.75 bits per heavy atom. The number of carbonyl (C=O) groups excluding carboxylic acids is 1. The fourth-order valence-corrected chi connectivity index (χ4v) is 4.67. The number of aliphatic imine (C=N–C) groups is 1.